The number of nitro groups is 1. The van der Waals surface area contributed by atoms with Crippen LogP contribution in [0.5, 0.6) is 5.75 Å². The Kier molecular flexibility index (Phi) is 6.23. The molecule has 0 saturated carbocycles. The fraction of sp³-hybridized carbons (Fsp3) is 0.263. The second kappa shape index (κ2) is 8.81. The lowest BCUT2D eigenvalue weighted by Crippen LogP contribution is -2.27. The average molecular weight is 403 g/mol. The molecule has 0 bridgehead atoms. The molecule has 0 fully saturated rings. The summed E-state index contributed by atoms with van der Waals surface area (Å²) in [7, 11) is 1.93. The van der Waals surface area contributed by atoms with Gasteiger partial charge in [-0.2, -0.15) is 0 Å². The molecule has 0 saturated heterocycles. The molecular formula is C19H19ClN4O4. The van der Waals surface area contributed by atoms with E-state index < -0.39 is 4.92 Å². The van der Waals surface area contributed by atoms with Crippen molar-refractivity contribution in [1.29, 1.82) is 0 Å². The Bertz CT molecular complexity index is 945. The lowest BCUT2D eigenvalue weighted by Gasteiger charge is -2.21. The van der Waals surface area contributed by atoms with Crippen LogP contribution < -0.4 is 4.74 Å². The van der Waals surface area contributed by atoms with E-state index in [1.165, 1.54) is 12.1 Å². The van der Waals surface area contributed by atoms with Crippen LogP contribution in [0, 0.1) is 10.1 Å². The molecule has 0 spiro atoms. The van der Waals surface area contributed by atoms with Gasteiger partial charge in [0.15, 0.2) is 0 Å². The minimum absolute atomic E-state index is 0.00936. The quantitative estimate of drug-likeness (QED) is 0.407. The van der Waals surface area contributed by atoms with E-state index in [9.17, 15) is 10.1 Å². The van der Waals surface area contributed by atoms with Gasteiger partial charge in [0.2, 0.25) is 11.8 Å². The third-order valence-electron chi connectivity index (χ3n) is 4.32. The van der Waals surface area contributed by atoms with E-state index >= 15 is 0 Å². The molecule has 146 valence electrons. The first-order chi connectivity index (χ1) is 13.5. The normalized spacial score (nSPS) is 12.1. The molecular weight excluding hydrogens is 384 g/mol. The van der Waals surface area contributed by atoms with Crippen LogP contribution in [0.4, 0.5) is 5.69 Å². The zero-order valence-electron chi connectivity index (χ0n) is 15.4. The van der Waals surface area contributed by atoms with Gasteiger partial charge < -0.3 is 9.15 Å². The first-order valence-corrected chi connectivity index (χ1v) is 8.99. The zero-order valence-corrected chi connectivity index (χ0v) is 16.2. The maximum absolute atomic E-state index is 10.7. The van der Waals surface area contributed by atoms with Crippen LogP contribution in [0.15, 0.2) is 52.9 Å². The van der Waals surface area contributed by atoms with Crippen LogP contribution >= 0.6 is 11.6 Å². The fourth-order valence-electron chi connectivity index (χ4n) is 2.49. The Labute approximate surface area is 166 Å². The third kappa shape index (κ3) is 4.65. The van der Waals surface area contributed by atoms with Gasteiger partial charge in [-0.3, -0.25) is 15.0 Å². The Morgan fingerprint density at radius 3 is 2.61 bits per heavy atom. The lowest BCUT2D eigenvalue weighted by molar-refractivity contribution is -0.384. The summed E-state index contributed by atoms with van der Waals surface area (Å²) in [5, 5.41) is 19.5. The molecule has 0 amide bonds. The molecule has 0 radical (unpaired) electrons. The van der Waals surface area contributed by atoms with Crippen molar-refractivity contribution in [2.24, 2.45) is 0 Å². The molecule has 0 aliphatic heterocycles. The maximum Gasteiger partial charge on any atom is 0.269 e. The van der Waals surface area contributed by atoms with Crippen LogP contribution in [0.25, 0.3) is 11.5 Å². The lowest BCUT2D eigenvalue weighted by atomic mass is 10.2. The molecule has 8 nitrogen and oxygen atoms in total. The van der Waals surface area contributed by atoms with E-state index in [1.807, 2.05) is 37.1 Å². The molecule has 9 heteroatoms. The van der Waals surface area contributed by atoms with Crippen LogP contribution in [-0.2, 0) is 0 Å². The molecule has 0 aliphatic rings. The highest BCUT2D eigenvalue weighted by Gasteiger charge is 2.19. The summed E-state index contributed by atoms with van der Waals surface area (Å²) in [5.74, 6) is 1.41. The molecule has 0 N–H and O–H groups in total. The van der Waals surface area contributed by atoms with Crippen molar-refractivity contribution in [2.45, 2.75) is 13.0 Å². The molecule has 1 unspecified atom stereocenters. The van der Waals surface area contributed by atoms with Gasteiger partial charge in [0, 0.05) is 24.2 Å². The largest absolute Gasteiger partial charge is 0.491 e. The molecule has 0 aliphatic carbocycles. The van der Waals surface area contributed by atoms with Gasteiger partial charge in [-0.1, -0.05) is 23.7 Å². The highest BCUT2D eigenvalue weighted by Crippen LogP contribution is 2.25. The maximum atomic E-state index is 10.7. The summed E-state index contributed by atoms with van der Waals surface area (Å²) in [6.45, 7) is 3.03. The van der Waals surface area contributed by atoms with E-state index in [0.717, 1.165) is 0 Å². The minimum atomic E-state index is -0.454. The van der Waals surface area contributed by atoms with Crippen molar-refractivity contribution in [3.63, 3.8) is 0 Å². The molecule has 1 aromatic heterocycles. The van der Waals surface area contributed by atoms with Crippen molar-refractivity contribution in [3.05, 3.63) is 69.6 Å². The van der Waals surface area contributed by atoms with Gasteiger partial charge in [0.1, 0.15) is 12.4 Å². The SMILES string of the molecule is CC(c1nnc(-c2ccc([N+](=O)[O-])cc2)o1)N(C)CCOc1ccccc1Cl. The molecule has 1 atom stereocenters. The van der Waals surface area contributed by atoms with E-state index in [-0.39, 0.29) is 11.7 Å². The number of rotatable bonds is 8. The minimum Gasteiger partial charge on any atom is -0.491 e. The van der Waals surface area contributed by atoms with Crippen LogP contribution in [0.1, 0.15) is 18.9 Å². The standard InChI is InChI=1S/C19H19ClN4O4/c1-13(23(2)11-12-27-17-6-4-3-5-16(17)20)18-21-22-19(28-18)14-7-9-15(10-8-14)24(25)26/h3-10,13H,11-12H2,1-2H3. The van der Waals surface area contributed by atoms with E-state index in [4.69, 9.17) is 20.8 Å². The molecule has 3 aromatic rings. The first kappa shape index (κ1) is 19.8. The predicted molar refractivity (Wildman–Crippen MR) is 104 cm³/mol. The van der Waals surface area contributed by atoms with Crippen molar-refractivity contribution < 1.29 is 14.1 Å². The number of aromatic nitrogens is 2. The molecule has 2 aromatic carbocycles. The number of hydrogen-bond donors (Lipinski definition) is 0. The van der Waals surface area contributed by atoms with Gasteiger partial charge in [-0.05, 0) is 38.2 Å². The predicted octanol–water partition coefficient (Wildman–Crippen LogP) is 4.37. The Balaban J connectivity index is 1.59. The fourth-order valence-corrected chi connectivity index (χ4v) is 2.68. The monoisotopic (exact) mass is 402 g/mol. The number of halogens is 1. The second-order valence-corrected chi connectivity index (χ2v) is 6.59. The van der Waals surface area contributed by atoms with Gasteiger partial charge in [-0.15, -0.1) is 10.2 Å². The first-order valence-electron chi connectivity index (χ1n) is 8.61. The molecule has 1 heterocycles. The number of nitrogens with zero attached hydrogens (tertiary/aromatic N) is 4. The Morgan fingerprint density at radius 1 is 1.21 bits per heavy atom. The smallest absolute Gasteiger partial charge is 0.269 e. The summed E-state index contributed by atoms with van der Waals surface area (Å²) < 4.78 is 11.4. The zero-order chi connectivity index (χ0) is 20.1. The van der Waals surface area contributed by atoms with Crippen molar-refractivity contribution in [3.8, 4) is 17.2 Å². The molecule has 3 rings (SSSR count). The van der Waals surface area contributed by atoms with Gasteiger partial charge in [-0.25, -0.2) is 0 Å². The number of para-hydroxylation sites is 1. The number of non-ortho nitro benzene ring substituents is 1. The number of ether oxygens (including phenoxy) is 1. The molecule has 28 heavy (non-hydrogen) atoms. The van der Waals surface area contributed by atoms with E-state index in [1.54, 1.807) is 18.2 Å². The van der Waals surface area contributed by atoms with Crippen molar-refractivity contribution >= 4 is 17.3 Å². The summed E-state index contributed by atoms with van der Waals surface area (Å²) in [4.78, 5) is 12.3. The van der Waals surface area contributed by atoms with E-state index in [2.05, 4.69) is 10.2 Å². The summed E-state index contributed by atoms with van der Waals surface area (Å²) in [6, 6.07) is 13.2. The summed E-state index contributed by atoms with van der Waals surface area (Å²) >= 11 is 6.08. The average Bonchev–Trinajstić information content (AvgIpc) is 3.19. The van der Waals surface area contributed by atoms with Gasteiger partial charge >= 0.3 is 0 Å². The van der Waals surface area contributed by atoms with Crippen LogP contribution in [0.2, 0.25) is 5.02 Å². The van der Waals surface area contributed by atoms with Crippen molar-refractivity contribution in [1.82, 2.24) is 15.1 Å². The summed E-state index contributed by atoms with van der Waals surface area (Å²) in [6.07, 6.45) is 0. The van der Waals surface area contributed by atoms with Gasteiger partial charge in [0.05, 0.1) is 16.0 Å². The second-order valence-electron chi connectivity index (χ2n) is 6.18. The van der Waals surface area contributed by atoms with E-state index in [0.29, 0.717) is 41.3 Å². The van der Waals surface area contributed by atoms with Crippen LogP contribution in [-0.4, -0.2) is 40.2 Å². The van der Waals surface area contributed by atoms with Crippen LogP contribution in [0.3, 0.4) is 0 Å². The Hall–Kier alpha value is -2.97. The number of benzene rings is 2. The van der Waals surface area contributed by atoms with Crippen molar-refractivity contribution in [2.75, 3.05) is 20.2 Å². The third-order valence-corrected chi connectivity index (χ3v) is 4.63. The Morgan fingerprint density at radius 2 is 1.93 bits per heavy atom. The number of nitro benzene ring substituents is 1. The highest BCUT2D eigenvalue weighted by molar-refractivity contribution is 6.32. The van der Waals surface area contributed by atoms with Gasteiger partial charge in [0.25, 0.3) is 5.69 Å². The highest BCUT2D eigenvalue weighted by atomic mass is 35.5. The number of hydrogen-bond acceptors (Lipinski definition) is 7. The topological polar surface area (TPSA) is 94.5 Å². The summed E-state index contributed by atoms with van der Waals surface area (Å²) in [5.41, 5.74) is 0.636. The number of likely N-dealkylation sites (N-methyl/N-ethyl adjacent to an activating group) is 1.